The lowest BCUT2D eigenvalue weighted by Crippen LogP contribution is -2.26. The Morgan fingerprint density at radius 3 is 2.95 bits per heavy atom. The molecule has 0 bridgehead atoms. The number of hydrogen-bond acceptors (Lipinski definition) is 2. The maximum absolute atomic E-state index is 13.2. The molecule has 0 fully saturated rings. The SMILES string of the molecule is C[C@H](NC(=O)c1ccc2c(c1)CCN2)c1cccc(F)c1. The summed E-state index contributed by atoms with van der Waals surface area (Å²) in [6, 6.07) is 11.7. The van der Waals surface area contributed by atoms with E-state index in [1.807, 2.05) is 25.1 Å². The van der Waals surface area contributed by atoms with Crippen molar-refractivity contribution < 1.29 is 9.18 Å². The summed E-state index contributed by atoms with van der Waals surface area (Å²) in [5.41, 5.74) is 3.66. The summed E-state index contributed by atoms with van der Waals surface area (Å²) in [6.07, 6.45) is 0.940. The van der Waals surface area contributed by atoms with Crippen LogP contribution in [0.15, 0.2) is 42.5 Å². The van der Waals surface area contributed by atoms with E-state index in [0.29, 0.717) is 5.56 Å². The smallest absolute Gasteiger partial charge is 0.251 e. The first kappa shape index (κ1) is 13.6. The molecule has 2 N–H and O–H groups in total. The van der Waals surface area contributed by atoms with Gasteiger partial charge in [0, 0.05) is 17.8 Å². The molecule has 0 unspecified atom stereocenters. The van der Waals surface area contributed by atoms with E-state index in [1.54, 1.807) is 12.1 Å². The molecule has 0 aliphatic carbocycles. The standard InChI is InChI=1S/C17H17FN2O/c1-11(12-3-2-4-15(18)10-12)20-17(21)14-5-6-16-13(9-14)7-8-19-16/h2-6,9-11,19H,7-8H2,1H3,(H,20,21)/t11-/m0/s1. The van der Waals surface area contributed by atoms with Crippen LogP contribution in [0.2, 0.25) is 0 Å². The van der Waals surface area contributed by atoms with Gasteiger partial charge in [0.15, 0.2) is 0 Å². The molecule has 0 saturated carbocycles. The number of carbonyl (C=O) groups is 1. The van der Waals surface area contributed by atoms with Gasteiger partial charge in [0.25, 0.3) is 5.91 Å². The van der Waals surface area contributed by atoms with Gasteiger partial charge >= 0.3 is 0 Å². The van der Waals surface area contributed by atoms with Crippen LogP contribution in [-0.4, -0.2) is 12.5 Å². The lowest BCUT2D eigenvalue weighted by atomic mass is 10.1. The Morgan fingerprint density at radius 2 is 2.14 bits per heavy atom. The molecule has 1 atom stereocenters. The molecule has 3 rings (SSSR count). The van der Waals surface area contributed by atoms with Crippen LogP contribution in [0.5, 0.6) is 0 Å². The van der Waals surface area contributed by atoms with E-state index in [1.165, 1.54) is 17.7 Å². The van der Waals surface area contributed by atoms with Gasteiger partial charge in [-0.3, -0.25) is 4.79 Å². The summed E-state index contributed by atoms with van der Waals surface area (Å²) in [4.78, 5) is 12.3. The van der Waals surface area contributed by atoms with Crippen LogP contribution in [0.25, 0.3) is 0 Å². The maximum atomic E-state index is 13.2. The molecule has 0 radical (unpaired) electrons. The van der Waals surface area contributed by atoms with Crippen molar-refractivity contribution in [1.82, 2.24) is 5.32 Å². The molecule has 0 saturated heterocycles. The van der Waals surface area contributed by atoms with E-state index in [9.17, 15) is 9.18 Å². The van der Waals surface area contributed by atoms with E-state index in [2.05, 4.69) is 10.6 Å². The number of hydrogen-bond donors (Lipinski definition) is 2. The van der Waals surface area contributed by atoms with Crippen LogP contribution in [0.1, 0.15) is 34.5 Å². The average Bonchev–Trinajstić information content (AvgIpc) is 2.94. The summed E-state index contributed by atoms with van der Waals surface area (Å²) in [7, 11) is 0. The minimum absolute atomic E-state index is 0.138. The number of amides is 1. The van der Waals surface area contributed by atoms with E-state index in [0.717, 1.165) is 24.2 Å². The second-order valence-corrected chi connectivity index (χ2v) is 5.30. The predicted molar refractivity (Wildman–Crippen MR) is 80.9 cm³/mol. The van der Waals surface area contributed by atoms with Gasteiger partial charge in [0.05, 0.1) is 6.04 Å². The first-order valence-electron chi connectivity index (χ1n) is 7.06. The molecule has 108 valence electrons. The second kappa shape index (κ2) is 5.56. The Bertz CT molecular complexity index is 684. The number of halogens is 1. The Hall–Kier alpha value is -2.36. The normalized spacial score (nSPS) is 14.2. The van der Waals surface area contributed by atoms with Gasteiger partial charge in [-0.05, 0) is 54.8 Å². The van der Waals surface area contributed by atoms with Gasteiger partial charge in [0.1, 0.15) is 5.82 Å². The third-order valence-electron chi connectivity index (χ3n) is 3.77. The molecule has 2 aromatic carbocycles. The van der Waals surface area contributed by atoms with Crippen molar-refractivity contribution in [1.29, 1.82) is 0 Å². The highest BCUT2D eigenvalue weighted by atomic mass is 19.1. The van der Waals surface area contributed by atoms with Crippen LogP contribution < -0.4 is 10.6 Å². The number of carbonyl (C=O) groups excluding carboxylic acids is 1. The fourth-order valence-electron chi connectivity index (χ4n) is 2.59. The van der Waals surface area contributed by atoms with E-state index < -0.39 is 0 Å². The number of benzene rings is 2. The van der Waals surface area contributed by atoms with Gasteiger partial charge < -0.3 is 10.6 Å². The number of fused-ring (bicyclic) bond motifs is 1. The second-order valence-electron chi connectivity index (χ2n) is 5.30. The Balaban J connectivity index is 1.74. The Labute approximate surface area is 123 Å². The third kappa shape index (κ3) is 2.89. The zero-order chi connectivity index (χ0) is 14.8. The van der Waals surface area contributed by atoms with Crippen molar-refractivity contribution >= 4 is 11.6 Å². The summed E-state index contributed by atoms with van der Waals surface area (Å²) in [6.45, 7) is 2.77. The molecule has 0 spiro atoms. The monoisotopic (exact) mass is 284 g/mol. The van der Waals surface area contributed by atoms with Crippen molar-refractivity contribution in [3.8, 4) is 0 Å². The Kier molecular flexibility index (Phi) is 3.60. The number of rotatable bonds is 3. The maximum Gasteiger partial charge on any atom is 0.251 e. The zero-order valence-electron chi connectivity index (χ0n) is 11.8. The highest BCUT2D eigenvalue weighted by molar-refractivity contribution is 5.95. The van der Waals surface area contributed by atoms with E-state index in [-0.39, 0.29) is 17.8 Å². The highest BCUT2D eigenvalue weighted by Crippen LogP contribution is 2.23. The van der Waals surface area contributed by atoms with Crippen LogP contribution >= 0.6 is 0 Å². The quantitative estimate of drug-likeness (QED) is 0.908. The third-order valence-corrected chi connectivity index (χ3v) is 3.77. The van der Waals surface area contributed by atoms with Crippen LogP contribution in [0, 0.1) is 5.82 Å². The van der Waals surface area contributed by atoms with Gasteiger partial charge in [0.2, 0.25) is 0 Å². The molecule has 4 heteroatoms. The number of anilines is 1. The van der Waals surface area contributed by atoms with E-state index in [4.69, 9.17) is 0 Å². The Morgan fingerprint density at radius 1 is 1.29 bits per heavy atom. The molecule has 1 aliphatic heterocycles. The van der Waals surface area contributed by atoms with Crippen molar-refractivity contribution in [2.45, 2.75) is 19.4 Å². The van der Waals surface area contributed by atoms with Gasteiger partial charge in [-0.1, -0.05) is 12.1 Å². The average molecular weight is 284 g/mol. The lowest BCUT2D eigenvalue weighted by Gasteiger charge is -2.15. The molecular weight excluding hydrogens is 267 g/mol. The van der Waals surface area contributed by atoms with Crippen LogP contribution in [0.3, 0.4) is 0 Å². The lowest BCUT2D eigenvalue weighted by molar-refractivity contribution is 0.0939. The molecule has 0 aromatic heterocycles. The van der Waals surface area contributed by atoms with Gasteiger partial charge in [-0.25, -0.2) is 4.39 Å². The van der Waals surface area contributed by atoms with Crippen molar-refractivity contribution in [2.75, 3.05) is 11.9 Å². The highest BCUT2D eigenvalue weighted by Gasteiger charge is 2.15. The molecule has 2 aromatic rings. The summed E-state index contributed by atoms with van der Waals surface area (Å²) >= 11 is 0. The van der Waals surface area contributed by atoms with Crippen molar-refractivity contribution in [2.24, 2.45) is 0 Å². The molecule has 1 aliphatic rings. The molecular formula is C17H17FN2O. The molecule has 3 nitrogen and oxygen atoms in total. The minimum atomic E-state index is -0.294. The minimum Gasteiger partial charge on any atom is -0.384 e. The van der Waals surface area contributed by atoms with Crippen molar-refractivity contribution in [3.63, 3.8) is 0 Å². The summed E-state index contributed by atoms with van der Waals surface area (Å²) < 4.78 is 13.2. The topological polar surface area (TPSA) is 41.1 Å². The fraction of sp³-hybridized carbons (Fsp3) is 0.235. The van der Waals surface area contributed by atoms with E-state index >= 15 is 0 Å². The van der Waals surface area contributed by atoms with Crippen LogP contribution in [-0.2, 0) is 6.42 Å². The largest absolute Gasteiger partial charge is 0.384 e. The van der Waals surface area contributed by atoms with Gasteiger partial charge in [-0.2, -0.15) is 0 Å². The fourth-order valence-corrected chi connectivity index (χ4v) is 2.59. The number of nitrogens with one attached hydrogen (secondary N) is 2. The van der Waals surface area contributed by atoms with Gasteiger partial charge in [-0.15, -0.1) is 0 Å². The summed E-state index contributed by atoms with van der Waals surface area (Å²) in [5, 5.41) is 6.17. The van der Waals surface area contributed by atoms with Crippen LogP contribution in [0.4, 0.5) is 10.1 Å². The molecule has 1 heterocycles. The summed E-state index contributed by atoms with van der Waals surface area (Å²) in [5.74, 6) is -0.432. The predicted octanol–water partition coefficient (Wildman–Crippen LogP) is 3.28. The molecule has 21 heavy (non-hydrogen) atoms. The molecule has 1 amide bonds. The first-order valence-corrected chi connectivity index (χ1v) is 7.06. The first-order chi connectivity index (χ1) is 10.1. The van der Waals surface area contributed by atoms with Crippen molar-refractivity contribution in [3.05, 3.63) is 65.0 Å². The zero-order valence-corrected chi connectivity index (χ0v) is 11.8.